The fraction of sp³-hybridized carbons (Fsp3) is 0.318. The van der Waals surface area contributed by atoms with Crippen LogP contribution in [0.25, 0.3) is 5.69 Å². The van der Waals surface area contributed by atoms with E-state index in [1.807, 2.05) is 32.0 Å². The van der Waals surface area contributed by atoms with Gasteiger partial charge in [-0.2, -0.15) is 0 Å². The van der Waals surface area contributed by atoms with Crippen molar-refractivity contribution >= 4 is 11.9 Å². The quantitative estimate of drug-likeness (QED) is 0.465. The second kappa shape index (κ2) is 8.17. The molecule has 3 aromatic rings. The first-order valence-electron chi connectivity index (χ1n) is 10.1. The first-order valence-corrected chi connectivity index (χ1v) is 10.1. The second-order valence-electron chi connectivity index (χ2n) is 7.84. The van der Waals surface area contributed by atoms with Gasteiger partial charge in [-0.15, -0.1) is 5.10 Å². The number of ether oxygens (including phenoxy) is 1. The molecule has 0 bridgehead atoms. The maximum atomic E-state index is 13.1. The normalized spacial score (nSPS) is 18.4. The number of aryl methyl sites for hydroxylation is 2. The maximum Gasteiger partial charge on any atom is 0.325 e. The van der Waals surface area contributed by atoms with Crippen molar-refractivity contribution in [2.45, 2.75) is 32.7 Å². The Morgan fingerprint density at radius 3 is 2.58 bits per heavy atom. The molecule has 1 aliphatic heterocycles. The van der Waals surface area contributed by atoms with Gasteiger partial charge in [-0.25, -0.2) is 9.48 Å². The molecule has 1 saturated heterocycles. The van der Waals surface area contributed by atoms with Crippen molar-refractivity contribution in [3.63, 3.8) is 0 Å². The molecule has 2 heterocycles. The third kappa shape index (κ3) is 4.11. The second-order valence-corrected chi connectivity index (χ2v) is 7.84. The van der Waals surface area contributed by atoms with Crippen molar-refractivity contribution in [3.05, 3.63) is 65.5 Å². The first kappa shape index (κ1) is 20.5. The van der Waals surface area contributed by atoms with Gasteiger partial charge in [0.2, 0.25) is 0 Å². The third-order valence-electron chi connectivity index (χ3n) is 5.30. The maximum absolute atomic E-state index is 13.1. The van der Waals surface area contributed by atoms with Crippen LogP contribution < -0.4 is 10.1 Å². The molecule has 4 rings (SSSR count). The fourth-order valence-corrected chi connectivity index (χ4v) is 3.76. The predicted molar refractivity (Wildman–Crippen MR) is 113 cm³/mol. The van der Waals surface area contributed by atoms with Gasteiger partial charge < -0.3 is 10.1 Å². The summed E-state index contributed by atoms with van der Waals surface area (Å²) in [6.45, 7) is 6.42. The minimum Gasteiger partial charge on any atom is -0.494 e. The number of tetrazole rings is 1. The number of carbonyl (C=O) groups excluding carboxylic acids is 2. The minimum atomic E-state index is -1.16. The highest BCUT2D eigenvalue weighted by Crippen LogP contribution is 2.30. The molecule has 1 N–H and O–H groups in total. The number of hydrogen-bond donors (Lipinski definition) is 1. The van der Waals surface area contributed by atoms with Gasteiger partial charge in [-0.05, 0) is 78.6 Å². The van der Waals surface area contributed by atoms with Crippen LogP contribution in [0.15, 0.2) is 48.8 Å². The molecule has 2 aromatic carbocycles. The molecule has 160 valence electrons. The molecule has 0 saturated carbocycles. The number of benzene rings is 2. The average Bonchev–Trinajstić information content (AvgIpc) is 3.34. The van der Waals surface area contributed by atoms with Crippen LogP contribution in [0, 0.1) is 13.8 Å². The van der Waals surface area contributed by atoms with Crippen LogP contribution in [-0.2, 0) is 10.3 Å². The molecular weight excluding hydrogens is 396 g/mol. The number of rotatable bonds is 7. The Labute approximate surface area is 180 Å². The summed E-state index contributed by atoms with van der Waals surface area (Å²) in [6.07, 6.45) is 2.01. The van der Waals surface area contributed by atoms with Crippen LogP contribution >= 0.6 is 0 Å². The first-order chi connectivity index (χ1) is 14.9. The Morgan fingerprint density at radius 2 is 1.87 bits per heavy atom. The molecule has 0 aliphatic carbocycles. The van der Waals surface area contributed by atoms with E-state index in [9.17, 15) is 9.59 Å². The molecule has 0 spiro atoms. The van der Waals surface area contributed by atoms with Gasteiger partial charge >= 0.3 is 6.03 Å². The zero-order valence-electron chi connectivity index (χ0n) is 17.7. The molecule has 0 radical (unpaired) electrons. The molecule has 1 fully saturated rings. The van der Waals surface area contributed by atoms with E-state index in [4.69, 9.17) is 4.74 Å². The number of nitrogens with zero attached hydrogens (tertiary/aromatic N) is 5. The van der Waals surface area contributed by atoms with Gasteiger partial charge in [0.05, 0.1) is 12.3 Å². The van der Waals surface area contributed by atoms with E-state index >= 15 is 0 Å². The van der Waals surface area contributed by atoms with E-state index in [0.717, 1.165) is 16.9 Å². The van der Waals surface area contributed by atoms with Crippen LogP contribution in [0.2, 0.25) is 0 Å². The molecule has 9 nitrogen and oxygen atoms in total. The summed E-state index contributed by atoms with van der Waals surface area (Å²) in [7, 11) is 0. The molecule has 31 heavy (non-hydrogen) atoms. The number of imide groups is 1. The highest BCUT2D eigenvalue weighted by Gasteiger charge is 2.48. The number of hydrogen-bond acceptors (Lipinski definition) is 6. The third-order valence-corrected chi connectivity index (χ3v) is 5.30. The zero-order valence-corrected chi connectivity index (χ0v) is 17.7. The summed E-state index contributed by atoms with van der Waals surface area (Å²) in [5, 5.41) is 14.0. The molecule has 9 heteroatoms. The van der Waals surface area contributed by atoms with Crippen molar-refractivity contribution in [3.8, 4) is 11.4 Å². The van der Waals surface area contributed by atoms with Crippen LogP contribution in [0.3, 0.4) is 0 Å². The summed E-state index contributed by atoms with van der Waals surface area (Å²) in [4.78, 5) is 26.9. The minimum absolute atomic E-state index is 0.276. The van der Waals surface area contributed by atoms with E-state index in [0.29, 0.717) is 24.3 Å². The summed E-state index contributed by atoms with van der Waals surface area (Å²) >= 11 is 0. The smallest absolute Gasteiger partial charge is 0.325 e. The standard InChI is InChI=1S/C22H24N6O3/c1-15-10-16(2)12-19(11-15)31-9-5-8-27-20(29)22(3,24-21(27)30)17-6-4-7-18(13-17)28-14-23-25-26-28/h4,6-7,10-14H,5,8-9H2,1-3H3,(H,24,30)/t22-/m1/s1. The molecule has 3 amide bonds. The molecule has 1 aliphatic rings. The Hall–Kier alpha value is -3.75. The van der Waals surface area contributed by atoms with E-state index < -0.39 is 11.6 Å². The topological polar surface area (TPSA) is 102 Å². The molecular formula is C22H24N6O3. The van der Waals surface area contributed by atoms with Crippen molar-refractivity contribution in [1.29, 1.82) is 0 Å². The van der Waals surface area contributed by atoms with E-state index in [1.165, 1.54) is 15.9 Å². The number of urea groups is 1. The van der Waals surface area contributed by atoms with Crippen molar-refractivity contribution in [2.75, 3.05) is 13.2 Å². The molecule has 0 unspecified atom stereocenters. The Balaban J connectivity index is 1.42. The number of aromatic nitrogens is 4. The lowest BCUT2D eigenvalue weighted by Crippen LogP contribution is -2.41. The monoisotopic (exact) mass is 420 g/mol. The highest BCUT2D eigenvalue weighted by atomic mass is 16.5. The van der Waals surface area contributed by atoms with Gasteiger partial charge in [-0.3, -0.25) is 9.69 Å². The number of nitrogens with one attached hydrogen (secondary N) is 1. The van der Waals surface area contributed by atoms with Gasteiger partial charge in [0, 0.05) is 6.54 Å². The van der Waals surface area contributed by atoms with Gasteiger partial charge in [0.15, 0.2) is 0 Å². The van der Waals surface area contributed by atoms with E-state index in [1.54, 1.807) is 25.1 Å². The van der Waals surface area contributed by atoms with Crippen molar-refractivity contribution in [2.24, 2.45) is 0 Å². The van der Waals surface area contributed by atoms with E-state index in [2.05, 4.69) is 26.9 Å². The number of amides is 3. The largest absolute Gasteiger partial charge is 0.494 e. The SMILES string of the molecule is Cc1cc(C)cc(OCCCN2C(=O)N[C@](C)(c3cccc(-n4cnnn4)c3)C2=O)c1. The van der Waals surface area contributed by atoms with Gasteiger partial charge in [0.25, 0.3) is 5.91 Å². The summed E-state index contributed by atoms with van der Waals surface area (Å²) in [5.41, 5.74) is 2.46. The lowest BCUT2D eigenvalue weighted by Gasteiger charge is -2.22. The van der Waals surface area contributed by atoms with E-state index in [-0.39, 0.29) is 12.5 Å². The molecule has 1 atom stereocenters. The molecule has 1 aromatic heterocycles. The summed E-state index contributed by atoms with van der Waals surface area (Å²) in [6, 6.07) is 12.8. The average molecular weight is 420 g/mol. The van der Waals surface area contributed by atoms with Gasteiger partial charge in [0.1, 0.15) is 17.6 Å². The van der Waals surface area contributed by atoms with Crippen LogP contribution in [0.1, 0.15) is 30.0 Å². The highest BCUT2D eigenvalue weighted by molar-refractivity contribution is 6.07. The lowest BCUT2D eigenvalue weighted by atomic mass is 9.91. The Bertz CT molecular complexity index is 1090. The van der Waals surface area contributed by atoms with Crippen molar-refractivity contribution in [1.82, 2.24) is 30.4 Å². The van der Waals surface area contributed by atoms with Crippen molar-refractivity contribution < 1.29 is 14.3 Å². The van der Waals surface area contributed by atoms with Crippen LogP contribution in [0.4, 0.5) is 4.79 Å². The summed E-state index contributed by atoms with van der Waals surface area (Å²) in [5.74, 6) is 0.497. The number of carbonyl (C=O) groups is 2. The Morgan fingerprint density at radius 1 is 1.10 bits per heavy atom. The van der Waals surface area contributed by atoms with Gasteiger partial charge in [-0.1, -0.05) is 18.2 Å². The van der Waals surface area contributed by atoms with Crippen LogP contribution in [-0.4, -0.2) is 50.2 Å². The fourth-order valence-electron chi connectivity index (χ4n) is 3.76. The lowest BCUT2D eigenvalue weighted by molar-refractivity contribution is -0.131. The zero-order chi connectivity index (χ0) is 22.0. The Kier molecular flexibility index (Phi) is 5.41. The summed E-state index contributed by atoms with van der Waals surface area (Å²) < 4.78 is 7.30. The predicted octanol–water partition coefficient (Wildman–Crippen LogP) is 2.52. The van der Waals surface area contributed by atoms with Crippen LogP contribution in [0.5, 0.6) is 5.75 Å².